The van der Waals surface area contributed by atoms with Gasteiger partial charge in [-0.1, -0.05) is 18.2 Å². The third-order valence-corrected chi connectivity index (χ3v) is 3.57. The van der Waals surface area contributed by atoms with Gasteiger partial charge in [0.2, 0.25) is 8.67 Å². The summed E-state index contributed by atoms with van der Waals surface area (Å²) in [5, 5.41) is 1.81. The van der Waals surface area contributed by atoms with E-state index in [1.165, 1.54) is 0 Å². The molecule has 0 aliphatic carbocycles. The van der Waals surface area contributed by atoms with Crippen LogP contribution in [0.1, 0.15) is 0 Å². The molecule has 0 spiro atoms. The second kappa shape index (κ2) is 4.90. The van der Waals surface area contributed by atoms with E-state index in [9.17, 15) is 0 Å². The van der Waals surface area contributed by atoms with Crippen LogP contribution in [0.5, 0.6) is 11.5 Å². The Kier molecular flexibility index (Phi) is 3.10. The van der Waals surface area contributed by atoms with Gasteiger partial charge in [-0.25, -0.2) is 0 Å². The molecule has 5 heteroatoms. The van der Waals surface area contributed by atoms with E-state index in [2.05, 4.69) is 0 Å². The van der Waals surface area contributed by atoms with Crippen LogP contribution in [0, 0.1) is 0 Å². The van der Waals surface area contributed by atoms with Crippen molar-refractivity contribution in [2.24, 2.45) is 0 Å². The molecule has 0 saturated carbocycles. The normalized spacial score (nSPS) is 11.1. The summed E-state index contributed by atoms with van der Waals surface area (Å²) in [4.78, 5) is 0. The Labute approximate surface area is 111 Å². The van der Waals surface area contributed by atoms with Crippen LogP contribution in [0.25, 0.3) is 21.9 Å². The lowest BCUT2D eigenvalue weighted by Gasteiger charge is -2.09. The van der Waals surface area contributed by atoms with Gasteiger partial charge in [-0.05, 0) is 18.2 Å². The van der Waals surface area contributed by atoms with Crippen molar-refractivity contribution in [3.63, 3.8) is 0 Å². The second-order valence-electron chi connectivity index (χ2n) is 3.96. The quantitative estimate of drug-likeness (QED) is 0.698. The van der Waals surface area contributed by atoms with Crippen molar-refractivity contribution in [3.05, 3.63) is 36.4 Å². The van der Waals surface area contributed by atoms with Gasteiger partial charge < -0.3 is 17.9 Å². The molecule has 1 aromatic heterocycles. The van der Waals surface area contributed by atoms with Crippen LogP contribution < -0.4 is 9.47 Å². The maximum Gasteiger partial charge on any atom is 0.201 e. The van der Waals surface area contributed by atoms with Crippen LogP contribution in [0.15, 0.2) is 44.8 Å². The highest BCUT2D eigenvalue weighted by Crippen LogP contribution is 2.39. The monoisotopic (exact) mass is 276 g/mol. The lowest BCUT2D eigenvalue weighted by molar-refractivity contribution is 0.358. The lowest BCUT2D eigenvalue weighted by atomic mass is 10.1. The molecule has 19 heavy (non-hydrogen) atoms. The summed E-state index contributed by atoms with van der Waals surface area (Å²) in [6, 6.07) is 11.5. The number of para-hydroxylation sites is 1. The molecule has 3 rings (SSSR count). The Bertz CT molecular complexity index is 764. The molecular formula is C14H13O4P. The first kappa shape index (κ1) is 12.0. The van der Waals surface area contributed by atoms with E-state index >= 15 is 0 Å². The van der Waals surface area contributed by atoms with E-state index in [-0.39, 0.29) is 8.67 Å². The Morgan fingerprint density at radius 2 is 1.68 bits per heavy atom. The smallest absolute Gasteiger partial charge is 0.201 e. The van der Waals surface area contributed by atoms with Crippen LogP contribution in [0.4, 0.5) is 0 Å². The van der Waals surface area contributed by atoms with Crippen molar-refractivity contribution in [1.29, 1.82) is 0 Å². The largest absolute Gasteiger partial charge is 0.493 e. The third-order valence-electron chi connectivity index (χ3n) is 2.97. The highest BCUT2D eigenvalue weighted by atomic mass is 31.1. The highest BCUT2D eigenvalue weighted by Gasteiger charge is 2.13. The van der Waals surface area contributed by atoms with Crippen molar-refractivity contribution in [2.45, 2.75) is 0 Å². The molecule has 0 bridgehead atoms. The molecule has 0 aliphatic heterocycles. The average molecular weight is 276 g/mol. The fourth-order valence-electron chi connectivity index (χ4n) is 2.12. The van der Waals surface area contributed by atoms with E-state index in [1.54, 1.807) is 14.2 Å². The Morgan fingerprint density at radius 1 is 0.895 bits per heavy atom. The molecule has 0 saturated heterocycles. The van der Waals surface area contributed by atoms with Gasteiger partial charge in [0, 0.05) is 5.39 Å². The summed E-state index contributed by atoms with van der Waals surface area (Å²) in [5.74, 6) is 1.33. The molecule has 0 N–H and O–H groups in total. The summed E-state index contributed by atoms with van der Waals surface area (Å²) < 4.78 is 22.1. The zero-order chi connectivity index (χ0) is 13.2. The number of hydrogen-bond donors (Lipinski definition) is 0. The standard InChI is InChI=1S/C14H13O4P/c1-15-12-8-7-11-13(14(12)16-2)9-5-3-4-6-10(9)17-19-18-11/h3-8,19H,1-2H3. The number of methoxy groups -OCH3 is 2. The van der Waals surface area contributed by atoms with Crippen molar-refractivity contribution in [1.82, 2.24) is 0 Å². The molecule has 3 aromatic rings. The Morgan fingerprint density at radius 3 is 2.47 bits per heavy atom. The van der Waals surface area contributed by atoms with Gasteiger partial charge in [0.1, 0.15) is 11.2 Å². The molecule has 2 aromatic carbocycles. The number of rotatable bonds is 2. The van der Waals surface area contributed by atoms with E-state index < -0.39 is 0 Å². The number of ether oxygens (including phenoxy) is 2. The van der Waals surface area contributed by atoms with E-state index in [1.807, 2.05) is 36.4 Å². The minimum absolute atomic E-state index is 0.0724. The zero-order valence-corrected chi connectivity index (χ0v) is 11.6. The Balaban J connectivity index is 2.59. The fraction of sp³-hybridized carbons (Fsp3) is 0.143. The van der Waals surface area contributed by atoms with Crippen molar-refractivity contribution in [3.8, 4) is 11.5 Å². The van der Waals surface area contributed by atoms with Crippen LogP contribution in [0.3, 0.4) is 0 Å². The summed E-state index contributed by atoms with van der Waals surface area (Å²) in [7, 11) is 3.16. The minimum Gasteiger partial charge on any atom is -0.493 e. The van der Waals surface area contributed by atoms with Gasteiger partial charge in [-0.15, -0.1) is 0 Å². The van der Waals surface area contributed by atoms with Gasteiger partial charge in [0.15, 0.2) is 11.5 Å². The van der Waals surface area contributed by atoms with Crippen LogP contribution >= 0.6 is 8.67 Å². The zero-order valence-electron chi connectivity index (χ0n) is 10.6. The fourth-order valence-corrected chi connectivity index (χ4v) is 2.69. The van der Waals surface area contributed by atoms with Crippen molar-refractivity contribution < 1.29 is 17.9 Å². The van der Waals surface area contributed by atoms with Crippen molar-refractivity contribution >= 4 is 30.6 Å². The number of fused-ring (bicyclic) bond motifs is 3. The summed E-state index contributed by atoms with van der Waals surface area (Å²) in [5.41, 5.74) is 1.52. The van der Waals surface area contributed by atoms with Crippen molar-refractivity contribution in [2.75, 3.05) is 14.2 Å². The summed E-state index contributed by atoms with van der Waals surface area (Å²) in [6.45, 7) is 0. The first-order valence-corrected chi connectivity index (χ1v) is 6.60. The molecule has 0 amide bonds. The number of hydrogen-bond acceptors (Lipinski definition) is 4. The molecule has 0 fully saturated rings. The molecule has 1 atom stereocenters. The topological polar surface area (TPSA) is 44.7 Å². The maximum atomic E-state index is 5.64. The van der Waals surface area contributed by atoms with E-state index in [0.29, 0.717) is 11.5 Å². The third kappa shape index (κ3) is 1.94. The van der Waals surface area contributed by atoms with E-state index in [0.717, 1.165) is 21.9 Å². The predicted molar refractivity (Wildman–Crippen MR) is 76.2 cm³/mol. The summed E-state index contributed by atoms with van der Waals surface area (Å²) >= 11 is 0. The second-order valence-corrected chi connectivity index (χ2v) is 4.53. The maximum absolute atomic E-state index is 5.64. The molecule has 1 unspecified atom stereocenters. The molecule has 0 aliphatic rings. The minimum atomic E-state index is -0.0724. The molecule has 0 radical (unpaired) electrons. The van der Waals surface area contributed by atoms with Crippen LogP contribution in [-0.2, 0) is 0 Å². The van der Waals surface area contributed by atoms with Gasteiger partial charge in [-0.2, -0.15) is 0 Å². The van der Waals surface area contributed by atoms with Gasteiger partial charge in [-0.3, -0.25) is 0 Å². The lowest BCUT2D eigenvalue weighted by Crippen LogP contribution is -1.91. The molecular weight excluding hydrogens is 263 g/mol. The Hall–Kier alpha value is -2.06. The average Bonchev–Trinajstić information content (AvgIpc) is 2.65. The number of benzene rings is 2. The molecule has 1 heterocycles. The summed E-state index contributed by atoms with van der Waals surface area (Å²) in [6.07, 6.45) is 0. The highest BCUT2D eigenvalue weighted by molar-refractivity contribution is 7.15. The predicted octanol–water partition coefficient (Wildman–Crippen LogP) is 4.35. The molecule has 98 valence electrons. The van der Waals surface area contributed by atoms with E-state index in [4.69, 9.17) is 17.9 Å². The van der Waals surface area contributed by atoms with Crippen LogP contribution in [0.2, 0.25) is 0 Å². The van der Waals surface area contributed by atoms with Gasteiger partial charge in [0.25, 0.3) is 0 Å². The molecule has 4 nitrogen and oxygen atoms in total. The van der Waals surface area contributed by atoms with Gasteiger partial charge >= 0.3 is 0 Å². The SMILES string of the molecule is COc1ccc2o[pH]oc3ccccc3c2c1OC. The first-order chi connectivity index (χ1) is 9.35. The first-order valence-electron chi connectivity index (χ1n) is 5.78. The van der Waals surface area contributed by atoms with Gasteiger partial charge in [0.05, 0.1) is 19.6 Å². The van der Waals surface area contributed by atoms with Crippen LogP contribution in [-0.4, -0.2) is 14.2 Å².